The van der Waals surface area contributed by atoms with Crippen LogP contribution >= 0.6 is 0 Å². The largest absolute Gasteiger partial charge is 0.243 e. The van der Waals surface area contributed by atoms with Crippen molar-refractivity contribution in [2.45, 2.75) is 31.8 Å². The van der Waals surface area contributed by atoms with E-state index in [1.807, 2.05) is 80.6 Å². The Morgan fingerprint density at radius 1 is 0.692 bits per heavy atom. The Bertz CT molecular complexity index is 926. The van der Waals surface area contributed by atoms with Crippen LogP contribution in [0.2, 0.25) is 0 Å². The zero-order chi connectivity index (χ0) is 18.6. The fourth-order valence-corrected chi connectivity index (χ4v) is 4.33. The molecule has 0 spiro atoms. The SMILES string of the molecule is Cc1ccc(S(=O)(=O)N(Cc2ccccc2)Cc2ccccc2)cc1C. The van der Waals surface area contributed by atoms with E-state index in [1.54, 1.807) is 16.4 Å². The van der Waals surface area contributed by atoms with Crippen LogP contribution in [0, 0.1) is 13.8 Å². The molecule has 0 unspecified atom stereocenters. The molecule has 3 aromatic carbocycles. The lowest BCUT2D eigenvalue weighted by atomic mass is 10.1. The molecule has 0 fully saturated rings. The Morgan fingerprint density at radius 2 is 1.19 bits per heavy atom. The minimum absolute atomic E-state index is 0.338. The first-order valence-electron chi connectivity index (χ1n) is 8.62. The van der Waals surface area contributed by atoms with Gasteiger partial charge >= 0.3 is 0 Å². The lowest BCUT2D eigenvalue weighted by molar-refractivity contribution is 0.401. The maximum absolute atomic E-state index is 13.3. The Hall–Kier alpha value is -2.43. The van der Waals surface area contributed by atoms with Gasteiger partial charge < -0.3 is 0 Å². The summed E-state index contributed by atoms with van der Waals surface area (Å²) in [5.41, 5.74) is 4.00. The van der Waals surface area contributed by atoms with Crippen molar-refractivity contribution in [1.82, 2.24) is 4.31 Å². The number of hydrogen-bond donors (Lipinski definition) is 0. The maximum atomic E-state index is 13.3. The van der Waals surface area contributed by atoms with Crippen LogP contribution in [0.15, 0.2) is 83.8 Å². The van der Waals surface area contributed by atoms with Gasteiger partial charge in [0.15, 0.2) is 0 Å². The van der Waals surface area contributed by atoms with Gasteiger partial charge in [0.25, 0.3) is 0 Å². The number of aryl methyl sites for hydroxylation is 2. The molecule has 0 aliphatic rings. The van der Waals surface area contributed by atoms with Gasteiger partial charge in [-0.05, 0) is 48.2 Å². The van der Waals surface area contributed by atoms with Crippen LogP contribution in [0.1, 0.15) is 22.3 Å². The normalized spacial score (nSPS) is 11.7. The van der Waals surface area contributed by atoms with E-state index in [0.717, 1.165) is 22.3 Å². The molecule has 0 heterocycles. The van der Waals surface area contributed by atoms with Crippen molar-refractivity contribution in [2.75, 3.05) is 0 Å². The third-order valence-electron chi connectivity index (χ3n) is 4.52. The van der Waals surface area contributed by atoms with Crippen molar-refractivity contribution in [3.05, 3.63) is 101 Å². The molecule has 0 N–H and O–H groups in total. The molecule has 3 aromatic rings. The molecule has 0 radical (unpaired) electrons. The van der Waals surface area contributed by atoms with Gasteiger partial charge in [-0.3, -0.25) is 0 Å². The molecule has 0 bridgehead atoms. The predicted octanol–water partition coefficient (Wildman–Crippen LogP) is 4.69. The monoisotopic (exact) mass is 365 g/mol. The second-order valence-corrected chi connectivity index (χ2v) is 8.43. The molecule has 0 amide bonds. The number of hydrogen-bond acceptors (Lipinski definition) is 2. The maximum Gasteiger partial charge on any atom is 0.243 e. The predicted molar refractivity (Wildman–Crippen MR) is 105 cm³/mol. The van der Waals surface area contributed by atoms with Gasteiger partial charge in [0.1, 0.15) is 0 Å². The van der Waals surface area contributed by atoms with Crippen molar-refractivity contribution in [3.8, 4) is 0 Å². The van der Waals surface area contributed by atoms with E-state index in [9.17, 15) is 8.42 Å². The van der Waals surface area contributed by atoms with Crippen LogP contribution in [-0.2, 0) is 23.1 Å². The molecule has 0 aromatic heterocycles. The molecule has 134 valence electrons. The summed E-state index contributed by atoms with van der Waals surface area (Å²) < 4.78 is 28.2. The third kappa shape index (κ3) is 4.21. The highest BCUT2D eigenvalue weighted by Gasteiger charge is 2.25. The molecule has 3 nitrogen and oxygen atoms in total. The van der Waals surface area contributed by atoms with Crippen LogP contribution in [0.4, 0.5) is 0 Å². The lowest BCUT2D eigenvalue weighted by Crippen LogP contribution is -2.30. The van der Waals surface area contributed by atoms with Crippen LogP contribution in [-0.4, -0.2) is 12.7 Å². The lowest BCUT2D eigenvalue weighted by Gasteiger charge is -2.23. The van der Waals surface area contributed by atoms with E-state index in [2.05, 4.69) is 0 Å². The van der Waals surface area contributed by atoms with E-state index in [4.69, 9.17) is 0 Å². The zero-order valence-electron chi connectivity index (χ0n) is 15.1. The van der Waals surface area contributed by atoms with Crippen LogP contribution in [0.3, 0.4) is 0 Å². The minimum Gasteiger partial charge on any atom is -0.207 e. The fourth-order valence-electron chi connectivity index (χ4n) is 2.82. The highest BCUT2D eigenvalue weighted by molar-refractivity contribution is 7.89. The first kappa shape index (κ1) is 18.4. The van der Waals surface area contributed by atoms with Gasteiger partial charge in [0.2, 0.25) is 10.0 Å². The first-order chi connectivity index (χ1) is 12.5. The fraction of sp³-hybridized carbons (Fsp3) is 0.182. The van der Waals surface area contributed by atoms with Crippen molar-refractivity contribution in [2.24, 2.45) is 0 Å². The average molecular weight is 365 g/mol. The quantitative estimate of drug-likeness (QED) is 0.635. The molecular formula is C22H23NO2S. The Kier molecular flexibility index (Phi) is 5.55. The van der Waals surface area contributed by atoms with E-state index in [1.165, 1.54) is 0 Å². The van der Waals surface area contributed by atoms with Crippen LogP contribution in [0.25, 0.3) is 0 Å². The molecule has 0 atom stereocenters. The van der Waals surface area contributed by atoms with Crippen molar-refractivity contribution in [3.63, 3.8) is 0 Å². The van der Waals surface area contributed by atoms with Crippen molar-refractivity contribution < 1.29 is 8.42 Å². The number of benzene rings is 3. The molecule has 4 heteroatoms. The van der Waals surface area contributed by atoms with Gasteiger partial charge in [-0.15, -0.1) is 0 Å². The van der Waals surface area contributed by atoms with Gasteiger partial charge in [0, 0.05) is 13.1 Å². The molecule has 0 aliphatic heterocycles. The summed E-state index contributed by atoms with van der Waals surface area (Å²) in [7, 11) is -3.60. The molecule has 26 heavy (non-hydrogen) atoms. The summed E-state index contributed by atoms with van der Waals surface area (Å²) in [4.78, 5) is 0.340. The van der Waals surface area contributed by atoms with Crippen molar-refractivity contribution >= 4 is 10.0 Å². The van der Waals surface area contributed by atoms with Gasteiger partial charge in [-0.2, -0.15) is 4.31 Å². The Balaban J connectivity index is 1.99. The summed E-state index contributed by atoms with van der Waals surface area (Å²) in [5, 5.41) is 0. The molecule has 0 saturated carbocycles. The molecule has 3 rings (SSSR count). The summed E-state index contributed by atoms with van der Waals surface area (Å²) in [6.07, 6.45) is 0. The number of sulfonamides is 1. The highest BCUT2D eigenvalue weighted by atomic mass is 32.2. The Labute approximate surface area is 156 Å². The molecule has 0 saturated heterocycles. The van der Waals surface area contributed by atoms with Gasteiger partial charge in [0.05, 0.1) is 4.90 Å². The minimum atomic E-state index is -3.60. The van der Waals surface area contributed by atoms with Gasteiger partial charge in [-0.25, -0.2) is 8.42 Å². The molecule has 0 aliphatic carbocycles. The third-order valence-corrected chi connectivity index (χ3v) is 6.31. The number of rotatable bonds is 6. The van der Waals surface area contributed by atoms with E-state index in [-0.39, 0.29) is 0 Å². The van der Waals surface area contributed by atoms with E-state index in [0.29, 0.717) is 18.0 Å². The highest BCUT2D eigenvalue weighted by Crippen LogP contribution is 2.23. The molecular weight excluding hydrogens is 342 g/mol. The summed E-state index contributed by atoms with van der Waals surface area (Å²) in [6.45, 7) is 4.60. The Morgan fingerprint density at radius 3 is 1.65 bits per heavy atom. The second-order valence-electron chi connectivity index (χ2n) is 6.49. The second kappa shape index (κ2) is 7.85. The summed E-state index contributed by atoms with van der Waals surface area (Å²) in [6, 6.07) is 24.7. The topological polar surface area (TPSA) is 37.4 Å². The van der Waals surface area contributed by atoms with Crippen molar-refractivity contribution in [1.29, 1.82) is 0 Å². The van der Waals surface area contributed by atoms with Crippen LogP contribution in [0.5, 0.6) is 0 Å². The average Bonchev–Trinajstić information content (AvgIpc) is 2.65. The number of nitrogens with zero attached hydrogens (tertiary/aromatic N) is 1. The standard InChI is InChI=1S/C22H23NO2S/c1-18-13-14-22(15-19(18)2)26(24,25)23(16-20-9-5-3-6-10-20)17-21-11-7-4-8-12-21/h3-15H,16-17H2,1-2H3. The van der Waals surface area contributed by atoms with E-state index >= 15 is 0 Å². The first-order valence-corrected chi connectivity index (χ1v) is 10.1. The smallest absolute Gasteiger partial charge is 0.207 e. The zero-order valence-corrected chi connectivity index (χ0v) is 15.9. The van der Waals surface area contributed by atoms with Crippen LogP contribution < -0.4 is 0 Å². The van der Waals surface area contributed by atoms with Gasteiger partial charge in [-0.1, -0.05) is 66.7 Å². The summed E-state index contributed by atoms with van der Waals surface area (Å²) >= 11 is 0. The van der Waals surface area contributed by atoms with E-state index < -0.39 is 10.0 Å². The summed E-state index contributed by atoms with van der Waals surface area (Å²) in [5.74, 6) is 0.